The third kappa shape index (κ3) is 3.08. The first kappa shape index (κ1) is 16.0. The topological polar surface area (TPSA) is 21.3 Å². The lowest BCUT2D eigenvalue weighted by Crippen LogP contribution is -2.29. The lowest BCUT2D eigenvalue weighted by atomic mass is 9.77. The monoisotopic (exact) mass is 349 g/mol. The molecule has 2 nitrogen and oxygen atoms in total. The number of alkyl halides is 3. The fourth-order valence-corrected chi connectivity index (χ4v) is 3.77. The van der Waals surface area contributed by atoms with Gasteiger partial charge in [0.05, 0.1) is 6.04 Å². The van der Waals surface area contributed by atoms with Gasteiger partial charge in [-0.3, -0.25) is 0 Å². The summed E-state index contributed by atoms with van der Waals surface area (Å²) in [5.74, 6) is -0.343. The van der Waals surface area contributed by atoms with Gasteiger partial charge >= 0.3 is 6.36 Å². The molecule has 2 aromatic carbocycles. The molecular formula is C19H15F4NO. The smallest absolute Gasteiger partial charge is 0.406 e. The van der Waals surface area contributed by atoms with Crippen molar-refractivity contribution >= 4 is 5.69 Å². The lowest BCUT2D eigenvalue weighted by molar-refractivity contribution is -0.274. The summed E-state index contributed by atoms with van der Waals surface area (Å²) in [5.41, 5.74) is 2.52. The Balaban J connectivity index is 1.70. The van der Waals surface area contributed by atoms with Crippen molar-refractivity contribution in [2.24, 2.45) is 5.92 Å². The van der Waals surface area contributed by atoms with Gasteiger partial charge in [-0.05, 0) is 53.8 Å². The van der Waals surface area contributed by atoms with E-state index in [1.165, 1.54) is 24.3 Å². The van der Waals surface area contributed by atoms with Crippen LogP contribution in [0.3, 0.4) is 0 Å². The Labute approximate surface area is 142 Å². The molecule has 1 heterocycles. The van der Waals surface area contributed by atoms with E-state index in [1.807, 2.05) is 12.2 Å². The first-order chi connectivity index (χ1) is 11.9. The number of ether oxygens (including phenoxy) is 1. The first-order valence-corrected chi connectivity index (χ1v) is 7.99. The van der Waals surface area contributed by atoms with Crippen LogP contribution in [0.2, 0.25) is 0 Å². The maximum atomic E-state index is 13.2. The number of benzene rings is 2. The summed E-state index contributed by atoms with van der Waals surface area (Å²) < 4.78 is 54.7. The molecule has 1 N–H and O–H groups in total. The number of nitrogens with one attached hydrogen (secondary N) is 1. The van der Waals surface area contributed by atoms with Crippen LogP contribution >= 0.6 is 0 Å². The van der Waals surface area contributed by atoms with Gasteiger partial charge in [0, 0.05) is 11.6 Å². The normalized spacial score (nSPS) is 24.4. The van der Waals surface area contributed by atoms with E-state index in [1.54, 1.807) is 18.2 Å². The van der Waals surface area contributed by atoms with Crippen LogP contribution in [0.5, 0.6) is 5.75 Å². The summed E-state index contributed by atoms with van der Waals surface area (Å²) in [5, 5.41) is 3.39. The second-order valence-corrected chi connectivity index (χ2v) is 6.32. The minimum atomic E-state index is -4.71. The van der Waals surface area contributed by atoms with Crippen LogP contribution in [0.15, 0.2) is 54.6 Å². The highest BCUT2D eigenvalue weighted by Gasteiger charge is 2.39. The zero-order valence-electron chi connectivity index (χ0n) is 13.1. The van der Waals surface area contributed by atoms with Crippen molar-refractivity contribution < 1.29 is 22.3 Å². The zero-order chi connectivity index (χ0) is 17.6. The Morgan fingerprint density at radius 3 is 2.52 bits per heavy atom. The molecule has 0 aromatic heterocycles. The summed E-state index contributed by atoms with van der Waals surface area (Å²) in [6, 6.07) is 10.7. The van der Waals surface area contributed by atoms with Crippen LogP contribution in [0.25, 0.3) is 0 Å². The van der Waals surface area contributed by atoms with Gasteiger partial charge in [0.1, 0.15) is 11.6 Å². The number of allylic oxidation sites excluding steroid dienone is 2. The van der Waals surface area contributed by atoms with E-state index in [0.717, 1.165) is 23.2 Å². The molecule has 0 saturated carbocycles. The number of anilines is 1. The molecule has 2 aliphatic rings. The molecule has 6 heteroatoms. The molecular weight excluding hydrogens is 334 g/mol. The molecule has 130 valence electrons. The lowest BCUT2D eigenvalue weighted by Gasteiger charge is -2.37. The number of fused-ring (bicyclic) bond motifs is 3. The Bertz CT molecular complexity index is 813. The van der Waals surface area contributed by atoms with Crippen molar-refractivity contribution in [1.29, 1.82) is 0 Å². The van der Waals surface area contributed by atoms with E-state index in [0.29, 0.717) is 0 Å². The van der Waals surface area contributed by atoms with Gasteiger partial charge in [0.2, 0.25) is 0 Å². The van der Waals surface area contributed by atoms with Crippen molar-refractivity contribution in [3.8, 4) is 5.75 Å². The second-order valence-electron chi connectivity index (χ2n) is 6.32. The van der Waals surface area contributed by atoms with E-state index in [9.17, 15) is 17.6 Å². The average Bonchev–Trinajstić information content (AvgIpc) is 3.03. The maximum absolute atomic E-state index is 13.2. The standard InChI is InChI=1S/C19H15F4NO/c20-12-6-4-11(5-7-12)18-15-3-1-2-14(15)16-10-13(25-19(21,22)23)8-9-17(16)24-18/h1-2,4-10,14-15,18,24H,3H2/t14-,15+,18-/m0/s1. The Morgan fingerprint density at radius 1 is 1.04 bits per heavy atom. The fourth-order valence-electron chi connectivity index (χ4n) is 3.77. The van der Waals surface area contributed by atoms with Gasteiger partial charge < -0.3 is 10.1 Å². The number of rotatable bonds is 2. The van der Waals surface area contributed by atoms with E-state index >= 15 is 0 Å². The van der Waals surface area contributed by atoms with Gasteiger partial charge in [0.15, 0.2) is 0 Å². The molecule has 0 saturated heterocycles. The van der Waals surface area contributed by atoms with E-state index in [4.69, 9.17) is 0 Å². The highest BCUT2D eigenvalue weighted by atomic mass is 19.4. The summed E-state index contributed by atoms with van der Waals surface area (Å²) in [6.45, 7) is 0. The van der Waals surface area contributed by atoms with Crippen LogP contribution in [0, 0.1) is 11.7 Å². The van der Waals surface area contributed by atoms with Gasteiger partial charge in [0.25, 0.3) is 0 Å². The average molecular weight is 349 g/mol. The summed E-state index contributed by atoms with van der Waals surface area (Å²) >= 11 is 0. The van der Waals surface area contributed by atoms with Gasteiger partial charge in [-0.25, -0.2) is 4.39 Å². The highest BCUT2D eigenvalue weighted by Crippen LogP contribution is 2.50. The van der Waals surface area contributed by atoms with Crippen molar-refractivity contribution in [3.05, 3.63) is 71.6 Å². The number of halogens is 4. The molecule has 3 atom stereocenters. The van der Waals surface area contributed by atoms with Gasteiger partial charge in [-0.2, -0.15) is 0 Å². The summed E-state index contributed by atoms with van der Waals surface area (Å²) in [6.07, 6.45) is 0.166. The van der Waals surface area contributed by atoms with Crippen LogP contribution in [-0.4, -0.2) is 6.36 Å². The van der Waals surface area contributed by atoms with Gasteiger partial charge in [-0.1, -0.05) is 24.3 Å². The van der Waals surface area contributed by atoms with E-state index < -0.39 is 6.36 Å². The zero-order valence-corrected chi connectivity index (χ0v) is 13.1. The predicted molar refractivity (Wildman–Crippen MR) is 85.9 cm³/mol. The van der Waals surface area contributed by atoms with Crippen LogP contribution in [0.4, 0.5) is 23.2 Å². The molecule has 0 amide bonds. The first-order valence-electron chi connectivity index (χ1n) is 7.99. The van der Waals surface area contributed by atoms with Crippen LogP contribution < -0.4 is 10.1 Å². The minimum Gasteiger partial charge on any atom is -0.406 e. The third-order valence-electron chi connectivity index (χ3n) is 4.80. The van der Waals surface area contributed by atoms with Crippen LogP contribution in [-0.2, 0) is 0 Å². The quantitative estimate of drug-likeness (QED) is 0.567. The molecule has 1 aliphatic carbocycles. The predicted octanol–water partition coefficient (Wildman–Crippen LogP) is 5.55. The van der Waals surface area contributed by atoms with Crippen molar-refractivity contribution in [2.45, 2.75) is 24.7 Å². The Hall–Kier alpha value is -2.50. The van der Waals surface area contributed by atoms with Crippen molar-refractivity contribution in [2.75, 3.05) is 5.32 Å². The minimum absolute atomic E-state index is 0.00286. The fraction of sp³-hybridized carbons (Fsp3) is 0.263. The molecule has 0 radical (unpaired) electrons. The second kappa shape index (κ2) is 5.79. The number of hydrogen-bond acceptors (Lipinski definition) is 2. The maximum Gasteiger partial charge on any atom is 0.573 e. The summed E-state index contributed by atoms with van der Waals surface area (Å²) in [7, 11) is 0. The molecule has 0 unspecified atom stereocenters. The Kier molecular flexibility index (Phi) is 3.71. The van der Waals surface area contributed by atoms with Crippen molar-refractivity contribution in [1.82, 2.24) is 0 Å². The van der Waals surface area contributed by atoms with E-state index in [-0.39, 0.29) is 29.4 Å². The van der Waals surface area contributed by atoms with Crippen LogP contribution in [0.1, 0.15) is 29.5 Å². The molecule has 25 heavy (non-hydrogen) atoms. The highest BCUT2D eigenvalue weighted by molar-refractivity contribution is 5.61. The molecule has 2 aromatic rings. The van der Waals surface area contributed by atoms with Crippen molar-refractivity contribution in [3.63, 3.8) is 0 Å². The molecule has 4 rings (SSSR count). The van der Waals surface area contributed by atoms with Gasteiger partial charge in [-0.15, -0.1) is 13.2 Å². The van der Waals surface area contributed by atoms with E-state index in [2.05, 4.69) is 10.1 Å². The third-order valence-corrected chi connectivity index (χ3v) is 4.80. The number of hydrogen-bond donors (Lipinski definition) is 1. The molecule has 0 fully saturated rings. The Morgan fingerprint density at radius 2 is 1.80 bits per heavy atom. The SMILES string of the molecule is Fc1ccc([C@@H]2Nc3ccc(OC(F)(F)F)cc3[C@H]3C=CC[C@H]32)cc1. The molecule has 0 spiro atoms. The summed E-state index contributed by atoms with van der Waals surface area (Å²) in [4.78, 5) is 0. The molecule has 0 bridgehead atoms. The largest absolute Gasteiger partial charge is 0.573 e. The molecule has 1 aliphatic heterocycles.